The molecule has 104 valence electrons. The molecule has 0 aliphatic carbocycles. The van der Waals surface area contributed by atoms with Crippen LogP contribution in [0.1, 0.15) is 12.8 Å². The molecule has 1 unspecified atom stereocenters. The summed E-state index contributed by atoms with van der Waals surface area (Å²) in [5.74, 6) is -1.49. The summed E-state index contributed by atoms with van der Waals surface area (Å²) in [6, 6.07) is 0. The molecule has 0 aromatic heterocycles. The van der Waals surface area contributed by atoms with Gasteiger partial charge in [-0.05, 0) is 12.3 Å². The van der Waals surface area contributed by atoms with Crippen LogP contribution in [0, 0.1) is 5.92 Å². The van der Waals surface area contributed by atoms with Crippen molar-refractivity contribution in [2.24, 2.45) is 5.92 Å². The van der Waals surface area contributed by atoms with Gasteiger partial charge in [-0.2, -0.15) is 0 Å². The smallest absolute Gasteiger partial charge is 0.303 e. The maximum Gasteiger partial charge on any atom is 0.303 e. The summed E-state index contributed by atoms with van der Waals surface area (Å²) < 4.78 is 47.8. The first-order chi connectivity index (χ1) is 8.21. The molecule has 0 radical (unpaired) electrons. The third-order valence-electron chi connectivity index (χ3n) is 3.36. The van der Waals surface area contributed by atoms with E-state index in [1.165, 1.54) is 4.31 Å². The summed E-state index contributed by atoms with van der Waals surface area (Å²) in [7, 11) is -6.81. The summed E-state index contributed by atoms with van der Waals surface area (Å²) in [5.41, 5.74) is 0. The van der Waals surface area contributed by atoms with E-state index in [2.05, 4.69) is 0 Å². The van der Waals surface area contributed by atoms with Gasteiger partial charge in [0.25, 0.3) is 0 Å². The molecule has 2 saturated heterocycles. The van der Waals surface area contributed by atoms with E-state index in [-0.39, 0.29) is 43.4 Å². The van der Waals surface area contributed by atoms with Gasteiger partial charge in [-0.15, -0.1) is 0 Å². The van der Waals surface area contributed by atoms with E-state index in [0.717, 1.165) is 0 Å². The molecule has 0 saturated carbocycles. The Morgan fingerprint density at radius 1 is 1.33 bits per heavy atom. The maximum absolute atomic E-state index is 12.0. The van der Waals surface area contributed by atoms with Crippen LogP contribution in [0.25, 0.3) is 0 Å². The minimum atomic E-state index is -3.58. The summed E-state index contributed by atoms with van der Waals surface area (Å²) in [6.45, 7) is 0.371. The molecule has 0 amide bonds. The SMILES string of the molecule is O=C(O)CC1CN(S(=O)(=O)C2CCS(=O)(=O)C2)C1. The Morgan fingerprint density at radius 2 is 1.94 bits per heavy atom. The van der Waals surface area contributed by atoms with E-state index in [1.54, 1.807) is 0 Å². The van der Waals surface area contributed by atoms with Crippen LogP contribution in [0.2, 0.25) is 0 Å². The fourth-order valence-corrected chi connectivity index (χ4v) is 6.99. The molecule has 2 heterocycles. The van der Waals surface area contributed by atoms with Gasteiger partial charge in [0.05, 0.1) is 23.2 Å². The van der Waals surface area contributed by atoms with Gasteiger partial charge in [0.1, 0.15) is 0 Å². The van der Waals surface area contributed by atoms with Crippen molar-refractivity contribution >= 4 is 25.8 Å². The number of sulfonamides is 1. The molecule has 1 N–H and O–H groups in total. The topological polar surface area (TPSA) is 109 Å². The van der Waals surface area contributed by atoms with Crippen molar-refractivity contribution < 1.29 is 26.7 Å². The molecular weight excluding hydrogens is 282 g/mol. The van der Waals surface area contributed by atoms with E-state index >= 15 is 0 Å². The zero-order chi connectivity index (χ0) is 13.6. The number of rotatable bonds is 4. The van der Waals surface area contributed by atoms with Crippen molar-refractivity contribution in [2.75, 3.05) is 24.6 Å². The number of carboxylic acids is 1. The monoisotopic (exact) mass is 297 g/mol. The van der Waals surface area contributed by atoms with Gasteiger partial charge < -0.3 is 5.11 Å². The molecule has 9 heteroatoms. The van der Waals surface area contributed by atoms with Crippen LogP contribution >= 0.6 is 0 Å². The molecule has 2 fully saturated rings. The second-order valence-electron chi connectivity index (χ2n) is 4.85. The Morgan fingerprint density at radius 3 is 2.39 bits per heavy atom. The van der Waals surface area contributed by atoms with Crippen LogP contribution in [0.4, 0.5) is 0 Å². The fraction of sp³-hybridized carbons (Fsp3) is 0.889. The highest BCUT2D eigenvalue weighted by Gasteiger charge is 2.45. The Kier molecular flexibility index (Phi) is 3.41. The molecule has 0 bridgehead atoms. The largest absolute Gasteiger partial charge is 0.481 e. The molecule has 0 spiro atoms. The zero-order valence-corrected chi connectivity index (χ0v) is 11.3. The van der Waals surface area contributed by atoms with Crippen LogP contribution in [-0.4, -0.2) is 62.1 Å². The molecule has 2 rings (SSSR count). The first kappa shape index (κ1) is 13.8. The lowest BCUT2D eigenvalue weighted by molar-refractivity contribution is -0.139. The second-order valence-corrected chi connectivity index (χ2v) is 9.29. The lowest BCUT2D eigenvalue weighted by Crippen LogP contribution is -2.53. The molecule has 2 aliphatic rings. The maximum atomic E-state index is 12.0. The Hall–Kier alpha value is -0.670. The number of carbonyl (C=O) groups is 1. The highest BCUT2D eigenvalue weighted by Crippen LogP contribution is 2.29. The lowest BCUT2D eigenvalue weighted by Gasteiger charge is -2.38. The standard InChI is InChI=1S/C9H15NO6S2/c11-9(12)3-7-4-10(5-7)18(15,16)8-1-2-17(13,14)6-8/h7-8H,1-6H2,(H,11,12). The van der Waals surface area contributed by atoms with Gasteiger partial charge in [0.15, 0.2) is 9.84 Å². The van der Waals surface area contributed by atoms with Crippen molar-refractivity contribution in [3.05, 3.63) is 0 Å². The summed E-state index contributed by atoms with van der Waals surface area (Å²) in [4.78, 5) is 10.5. The number of aliphatic carboxylic acids is 1. The fourth-order valence-electron chi connectivity index (χ4n) is 2.31. The van der Waals surface area contributed by atoms with E-state index in [0.29, 0.717) is 0 Å². The van der Waals surface area contributed by atoms with Crippen molar-refractivity contribution in [2.45, 2.75) is 18.1 Å². The first-order valence-electron chi connectivity index (χ1n) is 5.62. The minimum absolute atomic E-state index is 0.0466. The van der Waals surface area contributed by atoms with Gasteiger partial charge in [0.2, 0.25) is 10.0 Å². The van der Waals surface area contributed by atoms with Crippen molar-refractivity contribution in [3.8, 4) is 0 Å². The van der Waals surface area contributed by atoms with Crippen molar-refractivity contribution in [1.82, 2.24) is 4.31 Å². The van der Waals surface area contributed by atoms with Crippen LogP contribution in [0.15, 0.2) is 0 Å². The van der Waals surface area contributed by atoms with Crippen LogP contribution in [-0.2, 0) is 24.7 Å². The molecule has 2 aliphatic heterocycles. The van der Waals surface area contributed by atoms with Gasteiger partial charge >= 0.3 is 5.97 Å². The lowest BCUT2D eigenvalue weighted by atomic mass is 10.00. The van der Waals surface area contributed by atoms with Gasteiger partial charge in [-0.1, -0.05) is 0 Å². The number of carboxylic acid groups (broad SMARTS) is 1. The summed E-state index contributed by atoms with van der Waals surface area (Å²) >= 11 is 0. The predicted molar refractivity (Wildman–Crippen MR) is 63.3 cm³/mol. The zero-order valence-electron chi connectivity index (χ0n) is 9.65. The summed E-state index contributed by atoms with van der Waals surface area (Å²) in [5, 5.41) is 7.72. The summed E-state index contributed by atoms with van der Waals surface area (Å²) in [6.07, 6.45) is 0.0970. The highest BCUT2D eigenvalue weighted by molar-refractivity contribution is 7.95. The second kappa shape index (κ2) is 4.46. The average Bonchev–Trinajstić information content (AvgIpc) is 2.51. The van der Waals surface area contributed by atoms with E-state index < -0.39 is 31.1 Å². The minimum Gasteiger partial charge on any atom is -0.481 e. The molecule has 1 atom stereocenters. The Bertz CT molecular complexity index is 546. The van der Waals surface area contributed by atoms with Gasteiger partial charge in [-0.25, -0.2) is 21.1 Å². The normalized spacial score (nSPS) is 29.0. The van der Waals surface area contributed by atoms with Gasteiger partial charge in [0, 0.05) is 13.1 Å². The van der Waals surface area contributed by atoms with Crippen molar-refractivity contribution in [3.63, 3.8) is 0 Å². The highest BCUT2D eigenvalue weighted by atomic mass is 32.2. The number of hydrogen-bond acceptors (Lipinski definition) is 5. The molecule has 7 nitrogen and oxygen atoms in total. The van der Waals surface area contributed by atoms with E-state index in [9.17, 15) is 21.6 Å². The number of hydrogen-bond donors (Lipinski definition) is 1. The third kappa shape index (κ3) is 2.67. The predicted octanol–water partition coefficient (Wildman–Crippen LogP) is -1.09. The Labute approximate surface area is 106 Å². The van der Waals surface area contributed by atoms with E-state index in [4.69, 9.17) is 5.11 Å². The quantitative estimate of drug-likeness (QED) is 0.706. The van der Waals surface area contributed by atoms with E-state index in [1.807, 2.05) is 0 Å². The van der Waals surface area contributed by atoms with Crippen LogP contribution in [0.5, 0.6) is 0 Å². The van der Waals surface area contributed by atoms with Crippen LogP contribution in [0.3, 0.4) is 0 Å². The average molecular weight is 297 g/mol. The molecule has 18 heavy (non-hydrogen) atoms. The molecule has 0 aromatic carbocycles. The number of sulfone groups is 1. The van der Waals surface area contributed by atoms with Crippen LogP contribution < -0.4 is 0 Å². The Balaban J connectivity index is 1.96. The van der Waals surface area contributed by atoms with Crippen molar-refractivity contribution in [1.29, 1.82) is 0 Å². The van der Waals surface area contributed by atoms with Gasteiger partial charge in [-0.3, -0.25) is 4.79 Å². The molecule has 0 aromatic rings. The first-order valence-corrected chi connectivity index (χ1v) is 8.94. The number of nitrogens with zero attached hydrogens (tertiary/aromatic N) is 1. The third-order valence-corrected chi connectivity index (χ3v) is 7.60. The molecular formula is C9H15NO6S2.